The first kappa shape index (κ1) is 16.6. The molecule has 1 saturated heterocycles. The second kappa shape index (κ2) is 7.57. The van der Waals surface area contributed by atoms with E-state index in [1.54, 1.807) is 0 Å². The maximum Gasteiger partial charge on any atom is 0.303 e. The van der Waals surface area contributed by atoms with Gasteiger partial charge in [-0.15, -0.1) is 0 Å². The predicted molar refractivity (Wildman–Crippen MR) is 94.8 cm³/mol. The Balaban J connectivity index is 1.76. The summed E-state index contributed by atoms with van der Waals surface area (Å²) in [6.45, 7) is 1.08. The summed E-state index contributed by atoms with van der Waals surface area (Å²) < 4.78 is 5.78. The van der Waals surface area contributed by atoms with Crippen LogP contribution in [0.2, 0.25) is 0 Å². The van der Waals surface area contributed by atoms with Crippen LogP contribution in [0.3, 0.4) is 0 Å². The zero-order chi connectivity index (χ0) is 16.9. The van der Waals surface area contributed by atoms with Crippen LogP contribution in [0.15, 0.2) is 36.4 Å². The van der Waals surface area contributed by atoms with Gasteiger partial charge < -0.3 is 15.2 Å². The molecule has 0 radical (unpaired) electrons. The number of carbonyl (C=O) groups excluding carboxylic acids is 1. The Kier molecular flexibility index (Phi) is 5.25. The van der Waals surface area contributed by atoms with Gasteiger partial charge in [-0.25, -0.2) is 0 Å². The van der Waals surface area contributed by atoms with Crippen molar-refractivity contribution in [3.05, 3.63) is 42.0 Å². The second-order valence-electron chi connectivity index (χ2n) is 5.73. The van der Waals surface area contributed by atoms with Gasteiger partial charge in [-0.05, 0) is 29.9 Å². The highest BCUT2D eigenvalue weighted by molar-refractivity contribution is 8.14. The number of hydrogen-bond donors (Lipinski definition) is 2. The van der Waals surface area contributed by atoms with Gasteiger partial charge >= 0.3 is 5.97 Å². The highest BCUT2D eigenvalue weighted by atomic mass is 32.2. The van der Waals surface area contributed by atoms with Gasteiger partial charge in [0.25, 0.3) is 5.24 Å². The van der Waals surface area contributed by atoms with Crippen molar-refractivity contribution in [2.45, 2.75) is 24.5 Å². The number of ether oxygens (including phenoxy) is 1. The highest BCUT2D eigenvalue weighted by Crippen LogP contribution is 2.31. The number of nitrogens with one attached hydrogen (secondary N) is 1. The smallest absolute Gasteiger partial charge is 0.303 e. The maximum absolute atomic E-state index is 11.3. The second-order valence-corrected chi connectivity index (χ2v) is 7.00. The molecule has 1 atom stereocenters. The number of benzene rings is 2. The van der Waals surface area contributed by atoms with Crippen LogP contribution in [-0.4, -0.2) is 34.7 Å². The fourth-order valence-corrected chi connectivity index (χ4v) is 3.73. The first-order valence-electron chi connectivity index (χ1n) is 7.93. The molecule has 1 heterocycles. The quantitative estimate of drug-likeness (QED) is 0.752. The minimum absolute atomic E-state index is 0.0442. The van der Waals surface area contributed by atoms with Crippen LogP contribution in [0.5, 0.6) is 5.75 Å². The van der Waals surface area contributed by atoms with E-state index in [-0.39, 0.29) is 16.9 Å². The summed E-state index contributed by atoms with van der Waals surface area (Å²) in [5, 5.41) is 14.0. The number of fused-ring (bicyclic) bond motifs is 1. The molecular weight excluding hydrogens is 326 g/mol. The first-order valence-corrected chi connectivity index (χ1v) is 8.81. The summed E-state index contributed by atoms with van der Waals surface area (Å²) in [4.78, 5) is 21.9. The van der Waals surface area contributed by atoms with E-state index in [0.29, 0.717) is 19.6 Å². The minimum Gasteiger partial charge on any atom is -0.493 e. The van der Waals surface area contributed by atoms with Crippen molar-refractivity contribution in [2.75, 3.05) is 13.2 Å². The fourth-order valence-electron chi connectivity index (χ4n) is 2.83. The minimum atomic E-state index is -0.809. The average Bonchev–Trinajstić information content (AvgIpc) is 2.98. The number of aliphatic carboxylic acids is 1. The largest absolute Gasteiger partial charge is 0.493 e. The molecule has 2 aromatic carbocycles. The number of hydrogen-bond acceptors (Lipinski definition) is 4. The van der Waals surface area contributed by atoms with Gasteiger partial charge in [-0.2, -0.15) is 0 Å². The molecule has 0 aromatic heterocycles. The van der Waals surface area contributed by atoms with E-state index in [2.05, 4.69) is 11.4 Å². The van der Waals surface area contributed by atoms with Crippen molar-refractivity contribution >= 4 is 33.7 Å². The SMILES string of the molecule is O=C(O)CCCOc1ccc(CC2CNC(=O)S2)c2ccccc12. The molecule has 1 aliphatic rings. The number of thioether (sulfide) groups is 1. The molecule has 0 saturated carbocycles. The van der Waals surface area contributed by atoms with Crippen LogP contribution in [0.4, 0.5) is 4.79 Å². The van der Waals surface area contributed by atoms with Crippen molar-refractivity contribution in [1.29, 1.82) is 0 Å². The molecule has 0 bridgehead atoms. The van der Waals surface area contributed by atoms with Gasteiger partial charge in [0, 0.05) is 23.6 Å². The van der Waals surface area contributed by atoms with E-state index < -0.39 is 5.97 Å². The molecule has 6 heteroatoms. The molecule has 1 fully saturated rings. The lowest BCUT2D eigenvalue weighted by Gasteiger charge is -2.14. The maximum atomic E-state index is 11.3. The Morgan fingerprint density at radius 3 is 2.75 bits per heavy atom. The van der Waals surface area contributed by atoms with E-state index in [0.717, 1.165) is 22.9 Å². The van der Waals surface area contributed by atoms with Crippen molar-refractivity contribution in [1.82, 2.24) is 5.32 Å². The molecule has 0 aliphatic carbocycles. The van der Waals surface area contributed by atoms with Crippen molar-refractivity contribution in [3.8, 4) is 5.75 Å². The molecule has 0 spiro atoms. The summed E-state index contributed by atoms with van der Waals surface area (Å²) in [5.74, 6) is -0.0379. The van der Waals surface area contributed by atoms with Crippen LogP contribution < -0.4 is 10.1 Å². The van der Waals surface area contributed by atoms with Gasteiger partial charge in [0.2, 0.25) is 0 Å². The standard InChI is InChI=1S/C18H19NO4S/c20-17(21)6-3-9-23-16-8-7-12(10-13-11-19-18(22)24-13)14-4-1-2-5-15(14)16/h1-2,4-5,7-8,13H,3,6,9-11H2,(H,19,22)(H,20,21). The Labute approximate surface area is 144 Å². The molecule has 126 valence electrons. The van der Waals surface area contributed by atoms with E-state index in [1.165, 1.54) is 17.3 Å². The third-order valence-corrected chi connectivity index (χ3v) is 4.99. The molecule has 2 aromatic rings. The Morgan fingerprint density at radius 2 is 2.04 bits per heavy atom. The van der Waals surface area contributed by atoms with Gasteiger partial charge in [-0.3, -0.25) is 9.59 Å². The van der Waals surface area contributed by atoms with E-state index >= 15 is 0 Å². The van der Waals surface area contributed by atoms with Gasteiger partial charge in [0.15, 0.2) is 0 Å². The predicted octanol–water partition coefficient (Wildman–Crippen LogP) is 3.45. The molecule has 1 aliphatic heterocycles. The van der Waals surface area contributed by atoms with Gasteiger partial charge in [-0.1, -0.05) is 42.1 Å². The molecule has 5 nitrogen and oxygen atoms in total. The zero-order valence-corrected chi connectivity index (χ0v) is 14.0. The molecule has 1 unspecified atom stereocenters. The fraction of sp³-hybridized carbons (Fsp3) is 0.333. The molecule has 24 heavy (non-hydrogen) atoms. The van der Waals surface area contributed by atoms with Crippen LogP contribution >= 0.6 is 11.8 Å². The topological polar surface area (TPSA) is 75.6 Å². The van der Waals surface area contributed by atoms with Gasteiger partial charge in [0.05, 0.1) is 6.61 Å². The van der Waals surface area contributed by atoms with E-state index in [9.17, 15) is 9.59 Å². The summed E-state index contributed by atoms with van der Waals surface area (Å²) in [7, 11) is 0. The van der Waals surface area contributed by atoms with Crippen LogP contribution in [0, 0.1) is 0 Å². The molecule has 1 amide bonds. The van der Waals surface area contributed by atoms with Crippen LogP contribution in [0.25, 0.3) is 10.8 Å². The first-order chi connectivity index (χ1) is 11.6. The summed E-state index contributed by atoms with van der Waals surface area (Å²) in [6.07, 6.45) is 1.41. The summed E-state index contributed by atoms with van der Waals surface area (Å²) in [6, 6.07) is 12.0. The van der Waals surface area contributed by atoms with Crippen molar-refractivity contribution in [2.24, 2.45) is 0 Å². The highest BCUT2D eigenvalue weighted by Gasteiger charge is 2.23. The lowest BCUT2D eigenvalue weighted by Crippen LogP contribution is -2.16. The lowest BCUT2D eigenvalue weighted by atomic mass is 10.00. The number of carbonyl (C=O) groups is 2. The third-order valence-electron chi connectivity index (χ3n) is 3.96. The van der Waals surface area contributed by atoms with Crippen molar-refractivity contribution in [3.63, 3.8) is 0 Å². The van der Waals surface area contributed by atoms with Crippen LogP contribution in [0.1, 0.15) is 18.4 Å². The van der Waals surface area contributed by atoms with Crippen LogP contribution in [-0.2, 0) is 11.2 Å². The van der Waals surface area contributed by atoms with Crippen molar-refractivity contribution < 1.29 is 19.4 Å². The molecule has 2 N–H and O–H groups in total. The number of rotatable bonds is 7. The van der Waals surface area contributed by atoms with E-state index in [1.807, 2.05) is 30.3 Å². The number of carboxylic acid groups (broad SMARTS) is 1. The average molecular weight is 345 g/mol. The molecular formula is C18H19NO4S. The monoisotopic (exact) mass is 345 g/mol. The zero-order valence-electron chi connectivity index (χ0n) is 13.2. The Hall–Kier alpha value is -2.21. The Bertz CT molecular complexity index is 762. The van der Waals surface area contributed by atoms with Gasteiger partial charge in [0.1, 0.15) is 5.75 Å². The number of carboxylic acids is 1. The van der Waals surface area contributed by atoms with E-state index in [4.69, 9.17) is 9.84 Å². The summed E-state index contributed by atoms with van der Waals surface area (Å²) >= 11 is 1.36. The third kappa shape index (κ3) is 4.00. The Morgan fingerprint density at radius 1 is 1.25 bits per heavy atom. The molecule has 3 rings (SSSR count). The normalized spacial score (nSPS) is 17.0. The lowest BCUT2D eigenvalue weighted by molar-refractivity contribution is -0.137. The number of amides is 1. The summed E-state index contributed by atoms with van der Waals surface area (Å²) in [5.41, 5.74) is 1.19.